The van der Waals surface area contributed by atoms with Crippen LogP contribution < -0.4 is 5.14 Å². The number of hydrogen-bond acceptors (Lipinski definition) is 4. The maximum Gasteiger partial charge on any atom is 0.276 e. The van der Waals surface area contributed by atoms with Crippen molar-refractivity contribution in [2.24, 2.45) is 5.14 Å². The minimum absolute atomic E-state index is 0.0230. The third-order valence-corrected chi connectivity index (χ3v) is 3.37. The molecule has 0 atom stereocenters. The maximum atomic E-state index is 10.9. The Bertz CT molecular complexity index is 284. The summed E-state index contributed by atoms with van der Waals surface area (Å²) in [5, 5.41) is 14.9. The number of nitrogens with two attached hydrogens (primary N) is 1. The molecule has 0 aromatic carbocycles. The Morgan fingerprint density at radius 2 is 2.00 bits per heavy atom. The van der Waals surface area contributed by atoms with E-state index < -0.39 is 15.8 Å². The lowest BCUT2D eigenvalue weighted by Gasteiger charge is -2.34. The van der Waals surface area contributed by atoms with E-state index in [1.54, 1.807) is 0 Å². The van der Waals surface area contributed by atoms with Crippen molar-refractivity contribution in [1.82, 2.24) is 4.31 Å². The number of nitrogens with zero attached hydrogens (tertiary/aromatic N) is 1. The third kappa shape index (κ3) is 3.18. The van der Waals surface area contributed by atoms with Gasteiger partial charge in [-0.3, -0.25) is 0 Å². The van der Waals surface area contributed by atoms with Crippen LogP contribution in [0.25, 0.3) is 0 Å². The van der Waals surface area contributed by atoms with E-state index in [-0.39, 0.29) is 6.54 Å². The smallest absolute Gasteiger partial charge is 0.276 e. The molecule has 0 radical (unpaired) electrons. The zero-order valence-electron chi connectivity index (χ0n) is 8.14. The normalized spacial score (nSPS) is 22.6. The van der Waals surface area contributed by atoms with E-state index in [0.29, 0.717) is 26.1 Å². The molecular formula is C7H16N2O4S. The molecule has 0 unspecified atom stereocenters. The molecule has 1 aliphatic rings. The molecule has 6 nitrogen and oxygen atoms in total. The highest BCUT2D eigenvalue weighted by atomic mass is 32.2. The average Bonchev–Trinajstić information content (AvgIpc) is 2.02. The molecule has 0 bridgehead atoms. The predicted octanol–water partition coefficient (Wildman–Crippen LogP) is -1.34. The van der Waals surface area contributed by atoms with Gasteiger partial charge in [-0.15, -0.1) is 0 Å². The predicted molar refractivity (Wildman–Crippen MR) is 50.7 cm³/mol. The molecule has 84 valence electrons. The molecule has 1 fully saturated rings. The number of ether oxygens (including phenoxy) is 1. The largest absolute Gasteiger partial charge is 0.388 e. The van der Waals surface area contributed by atoms with Gasteiger partial charge in [-0.05, 0) is 0 Å². The molecule has 0 amide bonds. The zero-order chi connectivity index (χ0) is 10.8. The molecule has 1 saturated heterocycles. The zero-order valence-corrected chi connectivity index (χ0v) is 8.96. The summed E-state index contributed by atoms with van der Waals surface area (Å²) < 4.78 is 27.8. The Labute approximate surface area is 83.8 Å². The van der Waals surface area contributed by atoms with E-state index in [1.807, 2.05) is 0 Å². The Balaban J connectivity index is 2.58. The lowest BCUT2D eigenvalue weighted by Crippen LogP contribution is -2.48. The van der Waals surface area contributed by atoms with Gasteiger partial charge in [0.2, 0.25) is 0 Å². The van der Waals surface area contributed by atoms with E-state index in [9.17, 15) is 13.5 Å². The van der Waals surface area contributed by atoms with Crippen molar-refractivity contribution in [3.63, 3.8) is 0 Å². The number of hydrogen-bond donors (Lipinski definition) is 2. The van der Waals surface area contributed by atoms with E-state index in [2.05, 4.69) is 0 Å². The summed E-state index contributed by atoms with van der Waals surface area (Å²) in [5.41, 5.74) is -1.00. The van der Waals surface area contributed by atoms with Crippen molar-refractivity contribution >= 4 is 10.2 Å². The van der Waals surface area contributed by atoms with Gasteiger partial charge in [0, 0.05) is 39.6 Å². The van der Waals surface area contributed by atoms with Crippen LogP contribution in [0, 0.1) is 0 Å². The van der Waals surface area contributed by atoms with Gasteiger partial charge in [-0.2, -0.15) is 12.7 Å². The van der Waals surface area contributed by atoms with Crippen molar-refractivity contribution in [2.75, 3.05) is 26.8 Å². The summed E-state index contributed by atoms with van der Waals surface area (Å²) in [6.07, 6.45) is 0.875. The monoisotopic (exact) mass is 224 g/mol. The summed E-state index contributed by atoms with van der Waals surface area (Å²) in [7, 11) is -2.36. The van der Waals surface area contributed by atoms with Crippen LogP contribution in [0.3, 0.4) is 0 Å². The minimum Gasteiger partial charge on any atom is -0.388 e. The van der Waals surface area contributed by atoms with Crippen LogP contribution in [-0.4, -0.2) is 50.2 Å². The van der Waals surface area contributed by atoms with Gasteiger partial charge in [0.05, 0.1) is 5.60 Å². The fraction of sp³-hybridized carbons (Fsp3) is 1.00. The molecular weight excluding hydrogens is 208 g/mol. The second-order valence-corrected chi connectivity index (χ2v) is 5.29. The summed E-state index contributed by atoms with van der Waals surface area (Å²) in [4.78, 5) is 0. The van der Waals surface area contributed by atoms with Crippen LogP contribution in [0.2, 0.25) is 0 Å². The molecule has 0 saturated carbocycles. The highest BCUT2D eigenvalue weighted by Gasteiger charge is 2.33. The summed E-state index contributed by atoms with van der Waals surface area (Å²) >= 11 is 0. The summed E-state index contributed by atoms with van der Waals surface area (Å²) in [5.74, 6) is 0. The first kappa shape index (κ1) is 11.9. The van der Waals surface area contributed by atoms with Gasteiger partial charge in [0.25, 0.3) is 10.2 Å². The molecule has 0 spiro atoms. The third-order valence-electron chi connectivity index (χ3n) is 2.37. The lowest BCUT2D eigenvalue weighted by atomic mass is 9.95. The molecule has 0 aromatic heterocycles. The molecule has 7 heteroatoms. The first-order chi connectivity index (χ1) is 6.33. The molecule has 1 heterocycles. The van der Waals surface area contributed by atoms with E-state index >= 15 is 0 Å². The number of aliphatic hydroxyl groups is 1. The summed E-state index contributed by atoms with van der Waals surface area (Å²) in [6.45, 7) is 0.930. The van der Waals surface area contributed by atoms with Crippen molar-refractivity contribution in [1.29, 1.82) is 0 Å². The SMILES string of the molecule is CN(CC1(O)CCOCC1)S(N)(=O)=O. The van der Waals surface area contributed by atoms with Crippen molar-refractivity contribution < 1.29 is 18.3 Å². The summed E-state index contributed by atoms with van der Waals surface area (Å²) in [6, 6.07) is 0. The standard InChI is InChI=1S/C7H16N2O4S/c1-9(14(8,11)12)6-7(10)2-4-13-5-3-7/h10H,2-6H2,1H3,(H2,8,11,12). The van der Waals surface area contributed by atoms with Gasteiger partial charge in [-0.25, -0.2) is 5.14 Å². The van der Waals surface area contributed by atoms with Gasteiger partial charge < -0.3 is 9.84 Å². The van der Waals surface area contributed by atoms with Crippen LogP contribution in [0.15, 0.2) is 0 Å². The quantitative estimate of drug-likeness (QED) is 0.620. The van der Waals surface area contributed by atoms with Crippen molar-refractivity contribution in [3.8, 4) is 0 Å². The lowest BCUT2D eigenvalue weighted by molar-refractivity contribution is -0.0689. The molecule has 0 aromatic rings. The van der Waals surface area contributed by atoms with E-state index in [0.717, 1.165) is 4.31 Å². The second kappa shape index (κ2) is 4.11. The van der Waals surface area contributed by atoms with Gasteiger partial charge >= 0.3 is 0 Å². The fourth-order valence-corrected chi connectivity index (χ4v) is 1.83. The molecule has 0 aliphatic carbocycles. The second-order valence-electron chi connectivity index (χ2n) is 3.64. The van der Waals surface area contributed by atoms with Crippen LogP contribution >= 0.6 is 0 Å². The van der Waals surface area contributed by atoms with Crippen LogP contribution in [0.5, 0.6) is 0 Å². The minimum atomic E-state index is -3.71. The first-order valence-electron chi connectivity index (χ1n) is 4.38. The van der Waals surface area contributed by atoms with E-state index in [4.69, 9.17) is 9.88 Å². The number of rotatable bonds is 3. The Hall–Kier alpha value is -0.210. The van der Waals surface area contributed by atoms with Crippen molar-refractivity contribution in [3.05, 3.63) is 0 Å². The van der Waals surface area contributed by atoms with Crippen LogP contribution in [-0.2, 0) is 14.9 Å². The average molecular weight is 224 g/mol. The topological polar surface area (TPSA) is 92.9 Å². The Morgan fingerprint density at radius 1 is 1.50 bits per heavy atom. The molecule has 14 heavy (non-hydrogen) atoms. The first-order valence-corrected chi connectivity index (χ1v) is 5.88. The Morgan fingerprint density at radius 3 is 2.43 bits per heavy atom. The van der Waals surface area contributed by atoms with Crippen molar-refractivity contribution in [2.45, 2.75) is 18.4 Å². The highest BCUT2D eigenvalue weighted by molar-refractivity contribution is 7.86. The van der Waals surface area contributed by atoms with E-state index in [1.165, 1.54) is 7.05 Å². The number of likely N-dealkylation sites (N-methyl/N-ethyl adjacent to an activating group) is 1. The van der Waals surface area contributed by atoms with Gasteiger partial charge in [-0.1, -0.05) is 0 Å². The Kier molecular flexibility index (Phi) is 3.49. The molecule has 3 N–H and O–H groups in total. The van der Waals surface area contributed by atoms with Gasteiger partial charge in [0.15, 0.2) is 0 Å². The fourth-order valence-electron chi connectivity index (χ4n) is 1.41. The maximum absolute atomic E-state index is 10.9. The van der Waals surface area contributed by atoms with Gasteiger partial charge in [0.1, 0.15) is 0 Å². The van der Waals surface area contributed by atoms with Crippen LogP contribution in [0.1, 0.15) is 12.8 Å². The van der Waals surface area contributed by atoms with Crippen LogP contribution in [0.4, 0.5) is 0 Å². The molecule has 1 rings (SSSR count). The molecule has 1 aliphatic heterocycles. The highest BCUT2D eigenvalue weighted by Crippen LogP contribution is 2.21.